The third kappa shape index (κ3) is 2.53. The van der Waals surface area contributed by atoms with E-state index in [1.165, 1.54) is 30.3 Å². The third-order valence-corrected chi connectivity index (χ3v) is 2.49. The number of carbonyl (C=O) groups is 1. The predicted octanol–water partition coefficient (Wildman–Crippen LogP) is 3.53. The highest BCUT2D eigenvalue weighted by atomic mass is 19.1. The van der Waals surface area contributed by atoms with Gasteiger partial charge in [0, 0.05) is 0 Å². The molecule has 0 radical (unpaired) electrons. The second kappa shape index (κ2) is 4.96. The quantitative estimate of drug-likeness (QED) is 0.864. The second-order valence-corrected chi connectivity index (χ2v) is 3.92. The topological polar surface area (TPSA) is 29.1 Å². The number of amides is 1. The van der Waals surface area contributed by atoms with Crippen molar-refractivity contribution in [1.29, 1.82) is 0 Å². The van der Waals surface area contributed by atoms with E-state index in [0.29, 0.717) is 0 Å². The molecule has 0 saturated carbocycles. The van der Waals surface area contributed by atoms with Gasteiger partial charge in [-0.1, -0.05) is 18.2 Å². The van der Waals surface area contributed by atoms with Crippen LogP contribution >= 0.6 is 0 Å². The average Bonchev–Trinajstić information content (AvgIpc) is 2.34. The van der Waals surface area contributed by atoms with Crippen LogP contribution in [-0.2, 0) is 0 Å². The van der Waals surface area contributed by atoms with Crippen molar-refractivity contribution in [1.82, 2.24) is 0 Å². The summed E-state index contributed by atoms with van der Waals surface area (Å²) in [6.45, 7) is 1.78. The lowest BCUT2D eigenvalue weighted by molar-refractivity contribution is 0.102. The molecule has 1 amide bonds. The normalized spacial score (nSPS) is 10.2. The number of anilines is 1. The van der Waals surface area contributed by atoms with Gasteiger partial charge in [0.1, 0.15) is 11.6 Å². The molecule has 2 nitrogen and oxygen atoms in total. The van der Waals surface area contributed by atoms with Crippen LogP contribution in [0.25, 0.3) is 0 Å². The number of benzene rings is 2. The van der Waals surface area contributed by atoms with Crippen molar-refractivity contribution in [2.45, 2.75) is 6.92 Å². The van der Waals surface area contributed by atoms with E-state index < -0.39 is 17.5 Å². The first-order valence-electron chi connectivity index (χ1n) is 5.40. The Kier molecular flexibility index (Phi) is 3.37. The summed E-state index contributed by atoms with van der Waals surface area (Å²) in [7, 11) is 0. The van der Waals surface area contributed by atoms with E-state index in [-0.39, 0.29) is 11.3 Å². The maximum atomic E-state index is 13.4. The molecule has 92 valence electrons. The molecule has 0 heterocycles. The molecule has 0 aliphatic carbocycles. The standard InChI is InChI=1S/C14H11F2NO/c1-9-6-7-12(16)13(8-9)17-14(18)10-4-2-3-5-11(10)15/h2-8H,1H3,(H,17,18). The third-order valence-electron chi connectivity index (χ3n) is 2.49. The highest BCUT2D eigenvalue weighted by Crippen LogP contribution is 2.17. The van der Waals surface area contributed by atoms with Crippen molar-refractivity contribution in [3.63, 3.8) is 0 Å². The molecular formula is C14H11F2NO. The molecule has 0 spiro atoms. The van der Waals surface area contributed by atoms with Crippen molar-refractivity contribution < 1.29 is 13.6 Å². The molecule has 0 aliphatic heterocycles. The fraction of sp³-hybridized carbons (Fsp3) is 0.0714. The molecule has 1 N–H and O–H groups in total. The van der Waals surface area contributed by atoms with Crippen LogP contribution in [0.15, 0.2) is 42.5 Å². The Morgan fingerprint density at radius 3 is 2.50 bits per heavy atom. The number of halogens is 2. The number of rotatable bonds is 2. The van der Waals surface area contributed by atoms with Crippen LogP contribution in [0.1, 0.15) is 15.9 Å². The molecule has 2 rings (SSSR count). The van der Waals surface area contributed by atoms with Crippen LogP contribution in [-0.4, -0.2) is 5.91 Å². The molecular weight excluding hydrogens is 236 g/mol. The van der Waals surface area contributed by atoms with Crippen LogP contribution in [0.5, 0.6) is 0 Å². The summed E-state index contributed by atoms with van der Waals surface area (Å²) in [6.07, 6.45) is 0. The molecule has 0 unspecified atom stereocenters. The molecule has 0 bridgehead atoms. The predicted molar refractivity (Wildman–Crippen MR) is 65.5 cm³/mol. The first kappa shape index (κ1) is 12.2. The molecule has 18 heavy (non-hydrogen) atoms. The molecule has 2 aromatic rings. The van der Waals surface area contributed by atoms with Crippen LogP contribution in [0.3, 0.4) is 0 Å². The summed E-state index contributed by atoms with van der Waals surface area (Å²) < 4.78 is 26.8. The van der Waals surface area contributed by atoms with Crippen LogP contribution < -0.4 is 5.32 Å². The van der Waals surface area contributed by atoms with E-state index >= 15 is 0 Å². The van der Waals surface area contributed by atoms with Crippen LogP contribution in [0, 0.1) is 18.6 Å². The number of aryl methyl sites for hydroxylation is 1. The van der Waals surface area contributed by atoms with Gasteiger partial charge < -0.3 is 5.32 Å². The van der Waals surface area contributed by atoms with Crippen molar-refractivity contribution in [2.24, 2.45) is 0 Å². The van der Waals surface area contributed by atoms with Crippen molar-refractivity contribution in [2.75, 3.05) is 5.32 Å². The largest absolute Gasteiger partial charge is 0.319 e. The van der Waals surface area contributed by atoms with Gasteiger partial charge in [-0.3, -0.25) is 4.79 Å². The minimum Gasteiger partial charge on any atom is -0.319 e. The summed E-state index contributed by atoms with van der Waals surface area (Å²) >= 11 is 0. The summed E-state index contributed by atoms with van der Waals surface area (Å²) in [5.41, 5.74) is 0.738. The van der Waals surface area contributed by atoms with Crippen LogP contribution in [0.4, 0.5) is 14.5 Å². The fourth-order valence-corrected chi connectivity index (χ4v) is 1.57. The SMILES string of the molecule is Cc1ccc(F)c(NC(=O)c2ccccc2F)c1. The monoisotopic (exact) mass is 247 g/mol. The van der Waals surface area contributed by atoms with Gasteiger partial charge in [0.25, 0.3) is 5.91 Å². The van der Waals surface area contributed by atoms with E-state index in [2.05, 4.69) is 5.32 Å². The van der Waals surface area contributed by atoms with Gasteiger partial charge >= 0.3 is 0 Å². The minimum absolute atomic E-state index is 0.0447. The van der Waals surface area contributed by atoms with E-state index in [1.54, 1.807) is 19.1 Å². The van der Waals surface area contributed by atoms with Gasteiger partial charge in [0.2, 0.25) is 0 Å². The molecule has 4 heteroatoms. The molecule has 2 aromatic carbocycles. The molecule has 0 aliphatic rings. The maximum Gasteiger partial charge on any atom is 0.258 e. The van der Waals surface area contributed by atoms with Gasteiger partial charge in [0.05, 0.1) is 11.3 Å². The highest BCUT2D eigenvalue weighted by molar-refractivity contribution is 6.04. The average molecular weight is 247 g/mol. The van der Waals surface area contributed by atoms with Gasteiger partial charge in [0.15, 0.2) is 0 Å². The molecule has 0 atom stereocenters. The van der Waals surface area contributed by atoms with E-state index in [9.17, 15) is 13.6 Å². The van der Waals surface area contributed by atoms with Gasteiger partial charge in [-0.25, -0.2) is 8.78 Å². The Morgan fingerprint density at radius 1 is 1.06 bits per heavy atom. The lowest BCUT2D eigenvalue weighted by atomic mass is 10.1. The molecule has 0 saturated heterocycles. The summed E-state index contributed by atoms with van der Waals surface area (Å²) in [5, 5.41) is 2.35. The number of hydrogen-bond acceptors (Lipinski definition) is 1. The van der Waals surface area contributed by atoms with E-state index in [1.807, 2.05) is 0 Å². The zero-order valence-electron chi connectivity index (χ0n) is 9.71. The van der Waals surface area contributed by atoms with Gasteiger partial charge in [-0.2, -0.15) is 0 Å². The van der Waals surface area contributed by atoms with Gasteiger partial charge in [-0.15, -0.1) is 0 Å². The summed E-state index contributed by atoms with van der Waals surface area (Å²) in [5.74, 6) is -1.86. The van der Waals surface area contributed by atoms with Gasteiger partial charge in [-0.05, 0) is 36.8 Å². The second-order valence-electron chi connectivity index (χ2n) is 3.92. The van der Waals surface area contributed by atoms with Crippen molar-refractivity contribution in [3.05, 3.63) is 65.2 Å². The number of nitrogens with one attached hydrogen (secondary N) is 1. The lowest BCUT2D eigenvalue weighted by Gasteiger charge is -2.07. The fourth-order valence-electron chi connectivity index (χ4n) is 1.57. The first-order valence-corrected chi connectivity index (χ1v) is 5.40. The van der Waals surface area contributed by atoms with E-state index in [0.717, 1.165) is 5.56 Å². The maximum absolute atomic E-state index is 13.4. The first-order chi connectivity index (χ1) is 8.58. The Bertz CT molecular complexity index is 596. The number of carbonyl (C=O) groups excluding carboxylic acids is 1. The Morgan fingerprint density at radius 2 is 1.78 bits per heavy atom. The van der Waals surface area contributed by atoms with Crippen molar-refractivity contribution >= 4 is 11.6 Å². The Labute approximate surface area is 103 Å². The Hall–Kier alpha value is -2.23. The zero-order valence-corrected chi connectivity index (χ0v) is 9.71. The minimum atomic E-state index is -0.669. The highest BCUT2D eigenvalue weighted by Gasteiger charge is 2.12. The van der Waals surface area contributed by atoms with E-state index in [4.69, 9.17) is 0 Å². The van der Waals surface area contributed by atoms with Crippen molar-refractivity contribution in [3.8, 4) is 0 Å². The molecule has 0 fully saturated rings. The smallest absolute Gasteiger partial charge is 0.258 e. The summed E-state index contributed by atoms with van der Waals surface area (Å²) in [6, 6.07) is 9.90. The zero-order chi connectivity index (χ0) is 13.1. The molecule has 0 aromatic heterocycles. The Balaban J connectivity index is 2.27. The number of hydrogen-bond donors (Lipinski definition) is 1. The summed E-state index contributed by atoms with van der Waals surface area (Å²) in [4.78, 5) is 11.8. The van der Waals surface area contributed by atoms with Crippen LogP contribution in [0.2, 0.25) is 0 Å². The lowest BCUT2D eigenvalue weighted by Crippen LogP contribution is -2.14.